The van der Waals surface area contributed by atoms with Gasteiger partial charge in [0.15, 0.2) is 11.5 Å². The van der Waals surface area contributed by atoms with Gasteiger partial charge >= 0.3 is 0 Å². The molecule has 0 aliphatic carbocycles. The van der Waals surface area contributed by atoms with E-state index >= 15 is 0 Å². The Hall–Kier alpha value is -2.31. The molecule has 1 heterocycles. The number of nitrogens with one attached hydrogen (secondary N) is 2. The van der Waals surface area contributed by atoms with E-state index in [1.54, 1.807) is 44.8 Å². The molecular weight excluding hydrogens is 318 g/mol. The molecule has 23 heavy (non-hydrogen) atoms. The molecule has 1 aromatic carbocycles. The quantitative estimate of drug-likeness (QED) is 0.810. The number of anilines is 1. The van der Waals surface area contributed by atoms with E-state index in [4.69, 9.17) is 9.47 Å². The third-order valence-corrected chi connectivity index (χ3v) is 2.90. The zero-order chi connectivity index (χ0) is 15.8. The number of hydrogen-bond donors (Lipinski definition) is 2. The molecule has 0 aliphatic rings. The van der Waals surface area contributed by atoms with E-state index in [2.05, 4.69) is 15.6 Å². The van der Waals surface area contributed by atoms with Crippen LogP contribution >= 0.6 is 12.4 Å². The van der Waals surface area contributed by atoms with Crippen LogP contribution in [0, 0.1) is 0 Å². The van der Waals surface area contributed by atoms with Crippen molar-refractivity contribution >= 4 is 24.0 Å². The van der Waals surface area contributed by atoms with Gasteiger partial charge in [0.1, 0.15) is 6.61 Å². The molecule has 2 aromatic rings. The molecule has 2 N–H and O–H groups in total. The van der Waals surface area contributed by atoms with Crippen molar-refractivity contribution in [2.24, 2.45) is 0 Å². The van der Waals surface area contributed by atoms with Gasteiger partial charge in [0.25, 0.3) is 0 Å². The van der Waals surface area contributed by atoms with Gasteiger partial charge in [-0.2, -0.15) is 0 Å². The van der Waals surface area contributed by atoms with E-state index in [0.717, 1.165) is 5.56 Å². The van der Waals surface area contributed by atoms with E-state index in [1.165, 1.54) is 0 Å². The number of methoxy groups -OCH3 is 1. The van der Waals surface area contributed by atoms with Gasteiger partial charge in [-0.25, -0.2) is 0 Å². The van der Waals surface area contributed by atoms with Crippen LogP contribution in [0.15, 0.2) is 42.7 Å². The summed E-state index contributed by atoms with van der Waals surface area (Å²) in [6.07, 6.45) is 3.45. The maximum atomic E-state index is 11.6. The summed E-state index contributed by atoms with van der Waals surface area (Å²) >= 11 is 0. The van der Waals surface area contributed by atoms with Crippen LogP contribution in [0.25, 0.3) is 0 Å². The Balaban J connectivity index is 0.00000264. The normalized spacial score (nSPS) is 9.65. The average molecular weight is 338 g/mol. The summed E-state index contributed by atoms with van der Waals surface area (Å²) in [7, 11) is 3.29. The van der Waals surface area contributed by atoms with Crippen molar-refractivity contribution in [1.29, 1.82) is 0 Å². The van der Waals surface area contributed by atoms with Crippen molar-refractivity contribution in [2.75, 3.05) is 26.0 Å². The number of nitrogens with zero attached hydrogens (tertiary/aromatic N) is 1. The minimum Gasteiger partial charge on any atom is -0.493 e. The van der Waals surface area contributed by atoms with E-state index < -0.39 is 0 Å². The molecule has 6 nitrogen and oxygen atoms in total. The number of hydrogen-bond acceptors (Lipinski definition) is 5. The average Bonchev–Trinajstić information content (AvgIpc) is 2.54. The van der Waals surface area contributed by atoms with Gasteiger partial charge in [-0.15, -0.1) is 12.4 Å². The smallest absolute Gasteiger partial charge is 0.238 e. The SMILES string of the molecule is CNCC(=O)Nc1ccc(OC)c(OCc2cccnc2)c1.Cl. The largest absolute Gasteiger partial charge is 0.493 e. The monoisotopic (exact) mass is 337 g/mol. The molecule has 0 saturated carbocycles. The first kappa shape index (κ1) is 18.7. The van der Waals surface area contributed by atoms with Crippen LogP contribution in [0.2, 0.25) is 0 Å². The highest BCUT2D eigenvalue weighted by molar-refractivity contribution is 5.92. The van der Waals surface area contributed by atoms with E-state index in [0.29, 0.717) is 23.8 Å². The summed E-state index contributed by atoms with van der Waals surface area (Å²) in [5.41, 5.74) is 1.61. The number of halogens is 1. The van der Waals surface area contributed by atoms with Gasteiger partial charge in [0.2, 0.25) is 5.91 Å². The topological polar surface area (TPSA) is 72.5 Å². The van der Waals surface area contributed by atoms with Crippen molar-refractivity contribution in [3.63, 3.8) is 0 Å². The molecule has 0 saturated heterocycles. The third kappa shape index (κ3) is 5.77. The highest BCUT2D eigenvalue weighted by Gasteiger charge is 2.08. The van der Waals surface area contributed by atoms with Crippen LogP contribution in [0.4, 0.5) is 5.69 Å². The predicted molar refractivity (Wildman–Crippen MR) is 91.4 cm³/mol. The highest BCUT2D eigenvalue weighted by Crippen LogP contribution is 2.30. The number of aromatic nitrogens is 1. The van der Waals surface area contributed by atoms with E-state index in [1.807, 2.05) is 12.1 Å². The number of ether oxygens (including phenoxy) is 2. The van der Waals surface area contributed by atoms with Gasteiger partial charge in [0.05, 0.1) is 13.7 Å². The molecule has 2 rings (SSSR count). The third-order valence-electron chi connectivity index (χ3n) is 2.90. The Morgan fingerprint density at radius 1 is 1.26 bits per heavy atom. The molecule has 1 aromatic heterocycles. The number of carbonyl (C=O) groups excluding carboxylic acids is 1. The molecule has 0 spiro atoms. The molecular formula is C16H20ClN3O3. The van der Waals surface area contributed by atoms with Gasteiger partial charge in [0, 0.05) is 29.7 Å². The number of rotatable bonds is 7. The predicted octanol–water partition coefficient (Wildman–Crippen LogP) is 2.25. The lowest BCUT2D eigenvalue weighted by atomic mass is 10.2. The zero-order valence-electron chi connectivity index (χ0n) is 13.0. The van der Waals surface area contributed by atoms with Crippen LogP contribution < -0.4 is 20.1 Å². The second-order valence-electron chi connectivity index (χ2n) is 4.59. The second kappa shape index (κ2) is 9.66. The highest BCUT2D eigenvalue weighted by atomic mass is 35.5. The summed E-state index contributed by atoms with van der Waals surface area (Å²) in [6.45, 7) is 0.621. The summed E-state index contributed by atoms with van der Waals surface area (Å²) in [5, 5.41) is 5.58. The molecule has 0 radical (unpaired) electrons. The van der Waals surface area contributed by atoms with Crippen LogP contribution in [0.5, 0.6) is 11.5 Å². The van der Waals surface area contributed by atoms with Gasteiger partial charge < -0.3 is 20.1 Å². The Morgan fingerprint density at radius 3 is 2.74 bits per heavy atom. The van der Waals surface area contributed by atoms with Crippen molar-refractivity contribution in [3.8, 4) is 11.5 Å². The molecule has 124 valence electrons. The fourth-order valence-electron chi connectivity index (χ4n) is 1.88. The van der Waals surface area contributed by atoms with Crippen LogP contribution in [-0.2, 0) is 11.4 Å². The van der Waals surface area contributed by atoms with Crippen molar-refractivity contribution in [2.45, 2.75) is 6.61 Å². The fourth-order valence-corrected chi connectivity index (χ4v) is 1.88. The summed E-state index contributed by atoms with van der Waals surface area (Å²) in [5.74, 6) is 1.05. The Labute approximate surface area is 141 Å². The Bertz CT molecular complexity index is 623. The fraction of sp³-hybridized carbons (Fsp3) is 0.250. The molecule has 0 atom stereocenters. The van der Waals surface area contributed by atoms with Crippen LogP contribution in [-0.4, -0.2) is 31.6 Å². The second-order valence-corrected chi connectivity index (χ2v) is 4.59. The minimum absolute atomic E-state index is 0. The number of likely N-dealkylation sites (N-methyl/N-ethyl adjacent to an activating group) is 1. The number of pyridine rings is 1. The van der Waals surface area contributed by atoms with Crippen LogP contribution in [0.3, 0.4) is 0 Å². The lowest BCUT2D eigenvalue weighted by Crippen LogP contribution is -2.25. The van der Waals surface area contributed by atoms with Gasteiger partial charge in [-0.05, 0) is 25.2 Å². The maximum Gasteiger partial charge on any atom is 0.238 e. The molecule has 1 amide bonds. The van der Waals surface area contributed by atoms with Crippen molar-refractivity contribution in [1.82, 2.24) is 10.3 Å². The van der Waals surface area contributed by atoms with Crippen molar-refractivity contribution < 1.29 is 14.3 Å². The number of benzene rings is 1. The number of amides is 1. The lowest BCUT2D eigenvalue weighted by Gasteiger charge is -2.13. The van der Waals surface area contributed by atoms with E-state index in [9.17, 15) is 4.79 Å². The molecule has 0 unspecified atom stereocenters. The first-order valence-corrected chi connectivity index (χ1v) is 6.87. The first-order valence-electron chi connectivity index (χ1n) is 6.87. The van der Waals surface area contributed by atoms with Gasteiger partial charge in [-0.3, -0.25) is 9.78 Å². The zero-order valence-corrected chi connectivity index (χ0v) is 13.9. The Kier molecular flexibility index (Phi) is 7.87. The standard InChI is InChI=1S/C16H19N3O3.ClH/c1-17-10-16(20)19-13-5-6-14(21-2)15(8-13)22-11-12-4-3-7-18-9-12;/h3-9,17H,10-11H2,1-2H3,(H,19,20);1H. The van der Waals surface area contributed by atoms with Crippen molar-refractivity contribution in [3.05, 3.63) is 48.3 Å². The van der Waals surface area contributed by atoms with Crippen LogP contribution in [0.1, 0.15) is 5.56 Å². The summed E-state index contributed by atoms with van der Waals surface area (Å²) < 4.78 is 11.0. The molecule has 0 bridgehead atoms. The Morgan fingerprint density at radius 2 is 2.09 bits per heavy atom. The summed E-state index contributed by atoms with van der Waals surface area (Å²) in [4.78, 5) is 15.6. The number of carbonyl (C=O) groups is 1. The minimum atomic E-state index is -0.120. The maximum absolute atomic E-state index is 11.6. The van der Waals surface area contributed by atoms with E-state index in [-0.39, 0.29) is 24.9 Å². The first-order chi connectivity index (χ1) is 10.7. The lowest BCUT2D eigenvalue weighted by molar-refractivity contribution is -0.115. The molecule has 0 aliphatic heterocycles. The summed E-state index contributed by atoms with van der Waals surface area (Å²) in [6, 6.07) is 9.04. The van der Waals surface area contributed by atoms with Gasteiger partial charge in [-0.1, -0.05) is 6.07 Å². The molecule has 7 heteroatoms. The molecule has 0 fully saturated rings.